The van der Waals surface area contributed by atoms with E-state index in [2.05, 4.69) is 4.99 Å². The van der Waals surface area contributed by atoms with Crippen molar-refractivity contribution in [3.63, 3.8) is 0 Å². The van der Waals surface area contributed by atoms with Gasteiger partial charge in [-0.3, -0.25) is 4.79 Å². The van der Waals surface area contributed by atoms with E-state index < -0.39 is 5.91 Å². The van der Waals surface area contributed by atoms with Crippen LogP contribution in [0, 0.1) is 0 Å². The van der Waals surface area contributed by atoms with Gasteiger partial charge < -0.3 is 0 Å². The van der Waals surface area contributed by atoms with E-state index in [0.29, 0.717) is 0 Å². The highest BCUT2D eigenvalue weighted by Crippen LogP contribution is 2.25. The Kier molecular flexibility index (Phi) is 4.20. The minimum atomic E-state index is -0.666. The van der Waals surface area contributed by atoms with E-state index >= 15 is 0 Å². The molecule has 1 amide bonds. The minimum absolute atomic E-state index is 0.0923. The lowest BCUT2D eigenvalue weighted by Gasteiger charge is -2.00. The third-order valence-electron chi connectivity index (χ3n) is 1.36. The summed E-state index contributed by atoms with van der Waals surface area (Å²) in [6, 6.07) is 4.67. The van der Waals surface area contributed by atoms with Crippen LogP contribution in [0.4, 0.5) is 0 Å². The molecule has 14 heavy (non-hydrogen) atoms. The van der Waals surface area contributed by atoms with Crippen LogP contribution < -0.4 is 0 Å². The first-order chi connectivity index (χ1) is 6.52. The lowest BCUT2D eigenvalue weighted by atomic mass is 10.2. The highest BCUT2D eigenvalue weighted by Gasteiger charge is 2.13. The van der Waals surface area contributed by atoms with E-state index in [1.54, 1.807) is 6.07 Å². The van der Waals surface area contributed by atoms with Gasteiger partial charge in [0.25, 0.3) is 5.91 Å². The van der Waals surface area contributed by atoms with Crippen LogP contribution in [0.5, 0.6) is 0 Å². The number of halogens is 4. The normalized spacial score (nSPS) is 9.71. The number of carbonyl (C=O) groups excluding carboxylic acids is 1. The summed E-state index contributed by atoms with van der Waals surface area (Å²) in [5, 5.41) is 0.418. The summed E-state index contributed by atoms with van der Waals surface area (Å²) in [6.07, 6.45) is 0. The molecule has 74 valence electrons. The van der Waals surface area contributed by atoms with E-state index in [0.717, 1.165) is 0 Å². The molecule has 0 unspecified atom stereocenters. The molecule has 0 atom stereocenters. The first-order valence-corrected chi connectivity index (χ1v) is 4.91. The molecule has 0 aliphatic heterocycles. The Bertz CT molecular complexity index is 378. The van der Waals surface area contributed by atoms with Crippen molar-refractivity contribution in [3.8, 4) is 0 Å². The summed E-state index contributed by atoms with van der Waals surface area (Å²) in [7, 11) is 0. The number of nitrogens with zero attached hydrogens (tertiary/aromatic N) is 1. The van der Waals surface area contributed by atoms with Gasteiger partial charge in [0.1, 0.15) is 0 Å². The fourth-order valence-corrected chi connectivity index (χ4v) is 1.55. The third kappa shape index (κ3) is 2.85. The highest BCUT2D eigenvalue weighted by atomic mass is 35.5. The van der Waals surface area contributed by atoms with E-state index in [1.807, 2.05) is 0 Å². The number of aliphatic imine (C=N–C) groups is 1. The molecular formula is C8H3Cl4NO. The number of hydrogen-bond donors (Lipinski definition) is 0. The van der Waals surface area contributed by atoms with Gasteiger partial charge in [-0.2, -0.15) is 4.99 Å². The molecule has 0 radical (unpaired) electrons. The van der Waals surface area contributed by atoms with E-state index in [4.69, 9.17) is 46.4 Å². The Morgan fingerprint density at radius 1 is 1.14 bits per heavy atom. The zero-order chi connectivity index (χ0) is 10.7. The molecule has 0 aromatic heterocycles. The second-order valence-corrected chi connectivity index (χ2v) is 3.98. The van der Waals surface area contributed by atoms with Crippen molar-refractivity contribution in [2.24, 2.45) is 4.99 Å². The second kappa shape index (κ2) is 4.99. The lowest BCUT2D eigenvalue weighted by molar-refractivity contribution is 0.100. The summed E-state index contributed by atoms with van der Waals surface area (Å²) in [5.74, 6) is -0.666. The van der Waals surface area contributed by atoms with E-state index in [1.165, 1.54) is 12.1 Å². The molecular weight excluding hydrogens is 268 g/mol. The fourth-order valence-electron chi connectivity index (χ4n) is 0.835. The van der Waals surface area contributed by atoms with Gasteiger partial charge in [-0.1, -0.05) is 29.3 Å². The number of benzene rings is 1. The number of hydrogen-bond acceptors (Lipinski definition) is 1. The van der Waals surface area contributed by atoms with Crippen LogP contribution in [0.2, 0.25) is 10.0 Å². The average Bonchev–Trinajstić information content (AvgIpc) is 2.01. The molecule has 0 aliphatic rings. The molecule has 0 spiro atoms. The van der Waals surface area contributed by atoms with Crippen molar-refractivity contribution in [1.29, 1.82) is 0 Å². The van der Waals surface area contributed by atoms with Gasteiger partial charge >= 0.3 is 0 Å². The summed E-state index contributed by atoms with van der Waals surface area (Å²) in [5.41, 5.74) is 0.0923. The Labute approximate surface area is 100 Å². The van der Waals surface area contributed by atoms with E-state index in [9.17, 15) is 4.79 Å². The standard InChI is InChI=1S/C8H3Cl4NO/c9-4-2-1-3-5(10)6(4)7(14)13-8(11)12/h1-3H. The highest BCUT2D eigenvalue weighted by molar-refractivity contribution is 6.95. The molecule has 1 aromatic rings. The summed E-state index contributed by atoms with van der Waals surface area (Å²) < 4.78 is -0.383. The van der Waals surface area contributed by atoms with Crippen LogP contribution in [0.3, 0.4) is 0 Å². The third-order valence-corrected chi connectivity index (χ3v) is 2.16. The minimum Gasteiger partial charge on any atom is -0.267 e. The van der Waals surface area contributed by atoms with Gasteiger partial charge in [0.15, 0.2) is 4.63 Å². The van der Waals surface area contributed by atoms with Crippen LogP contribution in [0.1, 0.15) is 10.4 Å². The molecule has 1 aromatic carbocycles. The molecule has 0 heterocycles. The zero-order valence-electron chi connectivity index (χ0n) is 6.60. The van der Waals surface area contributed by atoms with Crippen LogP contribution in [-0.4, -0.2) is 10.5 Å². The Morgan fingerprint density at radius 2 is 1.64 bits per heavy atom. The van der Waals surface area contributed by atoms with Crippen molar-refractivity contribution < 1.29 is 4.79 Å². The van der Waals surface area contributed by atoms with Gasteiger partial charge in [0.2, 0.25) is 0 Å². The zero-order valence-corrected chi connectivity index (χ0v) is 9.62. The quantitative estimate of drug-likeness (QED) is 0.710. The SMILES string of the molecule is O=C(N=C(Cl)Cl)c1c(Cl)cccc1Cl. The van der Waals surface area contributed by atoms with Gasteiger partial charge in [0, 0.05) is 0 Å². The van der Waals surface area contributed by atoms with Gasteiger partial charge in [-0.05, 0) is 35.3 Å². The maximum Gasteiger partial charge on any atom is 0.282 e. The van der Waals surface area contributed by atoms with Crippen LogP contribution in [-0.2, 0) is 0 Å². The number of carbonyl (C=O) groups is 1. The van der Waals surface area contributed by atoms with Gasteiger partial charge in [-0.15, -0.1) is 0 Å². The predicted octanol–water partition coefficient (Wildman–Crippen LogP) is 3.97. The molecule has 0 saturated heterocycles. The molecule has 2 nitrogen and oxygen atoms in total. The Morgan fingerprint density at radius 3 is 2.07 bits per heavy atom. The second-order valence-electron chi connectivity index (χ2n) is 2.25. The smallest absolute Gasteiger partial charge is 0.267 e. The van der Waals surface area contributed by atoms with Crippen LogP contribution >= 0.6 is 46.4 Å². The van der Waals surface area contributed by atoms with Crippen molar-refractivity contribution in [3.05, 3.63) is 33.8 Å². The summed E-state index contributed by atoms with van der Waals surface area (Å²) in [6.45, 7) is 0. The topological polar surface area (TPSA) is 29.4 Å². The lowest BCUT2D eigenvalue weighted by Crippen LogP contribution is -1.98. The number of amides is 1. The van der Waals surface area contributed by atoms with Crippen LogP contribution in [0.15, 0.2) is 23.2 Å². The Balaban J connectivity index is 3.19. The number of rotatable bonds is 1. The van der Waals surface area contributed by atoms with Crippen molar-refractivity contribution >= 4 is 56.9 Å². The molecule has 0 saturated carbocycles. The average molecular weight is 271 g/mol. The molecule has 1 rings (SSSR count). The molecule has 0 N–H and O–H groups in total. The summed E-state index contributed by atoms with van der Waals surface area (Å²) in [4.78, 5) is 14.7. The Hall–Kier alpha value is -0.280. The first kappa shape index (κ1) is 11.8. The fraction of sp³-hybridized carbons (Fsp3) is 0. The van der Waals surface area contributed by atoms with Gasteiger partial charge in [0.05, 0.1) is 15.6 Å². The van der Waals surface area contributed by atoms with Crippen molar-refractivity contribution in [2.45, 2.75) is 0 Å². The monoisotopic (exact) mass is 269 g/mol. The molecule has 0 fully saturated rings. The largest absolute Gasteiger partial charge is 0.282 e. The van der Waals surface area contributed by atoms with Gasteiger partial charge in [-0.25, -0.2) is 0 Å². The van der Waals surface area contributed by atoms with E-state index in [-0.39, 0.29) is 20.2 Å². The predicted molar refractivity (Wildman–Crippen MR) is 59.9 cm³/mol. The molecule has 0 aliphatic carbocycles. The summed E-state index contributed by atoms with van der Waals surface area (Å²) >= 11 is 22.0. The maximum absolute atomic E-state index is 11.4. The first-order valence-electron chi connectivity index (χ1n) is 3.40. The maximum atomic E-state index is 11.4. The van der Waals surface area contributed by atoms with Crippen molar-refractivity contribution in [1.82, 2.24) is 0 Å². The molecule has 0 bridgehead atoms. The van der Waals surface area contributed by atoms with Crippen LogP contribution in [0.25, 0.3) is 0 Å². The van der Waals surface area contributed by atoms with Crippen molar-refractivity contribution in [2.75, 3.05) is 0 Å². The molecule has 6 heteroatoms.